The molecule has 0 amide bonds. The van der Waals surface area contributed by atoms with E-state index in [1.165, 1.54) is 24.9 Å². The Morgan fingerprint density at radius 2 is 2.16 bits per heavy atom. The number of hydrogen-bond acceptors (Lipinski definition) is 3. The Balaban J connectivity index is 1.88. The van der Waals surface area contributed by atoms with Crippen LogP contribution < -0.4 is 10.1 Å². The first kappa shape index (κ1) is 14.4. The number of hydrogen-bond donors (Lipinski definition) is 1. The number of nitrogens with one attached hydrogen (secondary N) is 1. The lowest BCUT2D eigenvalue weighted by molar-refractivity contribution is 0.140. The maximum Gasteiger partial charge on any atom is 0.122 e. The van der Waals surface area contributed by atoms with E-state index in [9.17, 15) is 0 Å². The Hall–Kier alpha value is -1.06. The molecule has 19 heavy (non-hydrogen) atoms. The summed E-state index contributed by atoms with van der Waals surface area (Å²) in [7, 11) is 3.82. The first-order valence-corrected chi connectivity index (χ1v) is 7.27. The van der Waals surface area contributed by atoms with E-state index in [0.717, 1.165) is 18.7 Å². The fourth-order valence-electron chi connectivity index (χ4n) is 2.99. The highest BCUT2D eigenvalue weighted by Gasteiger charge is 2.24. The fourth-order valence-corrected chi connectivity index (χ4v) is 2.99. The van der Waals surface area contributed by atoms with Crippen molar-refractivity contribution in [2.45, 2.75) is 38.3 Å². The smallest absolute Gasteiger partial charge is 0.122 e. The number of rotatable bonds is 5. The Morgan fingerprint density at radius 1 is 1.37 bits per heavy atom. The lowest BCUT2D eigenvalue weighted by Crippen LogP contribution is -2.47. The average Bonchev–Trinajstić information content (AvgIpc) is 2.46. The van der Waals surface area contributed by atoms with Crippen molar-refractivity contribution in [1.82, 2.24) is 10.2 Å². The average molecular weight is 262 g/mol. The van der Waals surface area contributed by atoms with Gasteiger partial charge in [0.2, 0.25) is 0 Å². The molecule has 1 heterocycles. The summed E-state index contributed by atoms with van der Waals surface area (Å²) in [6, 6.07) is 9.70. The van der Waals surface area contributed by atoms with E-state index in [4.69, 9.17) is 4.74 Å². The van der Waals surface area contributed by atoms with Crippen LogP contribution in [0.15, 0.2) is 24.3 Å². The molecule has 3 nitrogen and oxygen atoms in total. The van der Waals surface area contributed by atoms with E-state index >= 15 is 0 Å². The van der Waals surface area contributed by atoms with Gasteiger partial charge in [0.1, 0.15) is 5.75 Å². The second-order valence-corrected chi connectivity index (χ2v) is 5.46. The number of nitrogens with zero attached hydrogens (tertiary/aromatic N) is 1. The maximum atomic E-state index is 5.42. The molecule has 1 aliphatic rings. The van der Waals surface area contributed by atoms with Crippen LogP contribution in [0.5, 0.6) is 5.75 Å². The maximum absolute atomic E-state index is 5.42. The van der Waals surface area contributed by atoms with Gasteiger partial charge in [0, 0.05) is 18.6 Å². The molecular weight excluding hydrogens is 236 g/mol. The molecule has 1 saturated heterocycles. The van der Waals surface area contributed by atoms with Crippen LogP contribution in [-0.2, 0) is 6.42 Å². The topological polar surface area (TPSA) is 24.5 Å². The minimum Gasteiger partial charge on any atom is -0.496 e. The van der Waals surface area contributed by atoms with E-state index in [1.807, 2.05) is 12.1 Å². The van der Waals surface area contributed by atoms with E-state index in [0.29, 0.717) is 12.1 Å². The van der Waals surface area contributed by atoms with Crippen molar-refractivity contribution in [3.05, 3.63) is 29.8 Å². The molecule has 1 fully saturated rings. The van der Waals surface area contributed by atoms with Gasteiger partial charge in [-0.25, -0.2) is 0 Å². The first-order chi connectivity index (χ1) is 9.24. The SMILES string of the molecule is CNC1CCN(CCc2ccccc2OC)C(C)C1. The highest BCUT2D eigenvalue weighted by atomic mass is 16.5. The lowest BCUT2D eigenvalue weighted by Gasteiger charge is -2.37. The summed E-state index contributed by atoms with van der Waals surface area (Å²) < 4.78 is 5.42. The normalized spacial score (nSPS) is 24.4. The number of benzene rings is 1. The zero-order valence-corrected chi connectivity index (χ0v) is 12.4. The van der Waals surface area contributed by atoms with E-state index in [-0.39, 0.29) is 0 Å². The van der Waals surface area contributed by atoms with Crippen LogP contribution in [0.3, 0.4) is 0 Å². The van der Waals surface area contributed by atoms with E-state index in [1.54, 1.807) is 7.11 Å². The van der Waals surface area contributed by atoms with Crippen molar-refractivity contribution in [3.63, 3.8) is 0 Å². The molecule has 2 rings (SSSR count). The molecule has 1 N–H and O–H groups in total. The summed E-state index contributed by atoms with van der Waals surface area (Å²) in [5.41, 5.74) is 1.31. The van der Waals surface area contributed by atoms with Gasteiger partial charge in [-0.1, -0.05) is 18.2 Å². The highest BCUT2D eigenvalue weighted by Crippen LogP contribution is 2.21. The highest BCUT2D eigenvalue weighted by molar-refractivity contribution is 5.33. The molecule has 1 aliphatic heterocycles. The van der Waals surface area contributed by atoms with Crippen LogP contribution in [-0.4, -0.2) is 44.2 Å². The molecule has 0 radical (unpaired) electrons. The number of methoxy groups -OCH3 is 1. The summed E-state index contributed by atoms with van der Waals surface area (Å²) in [5.74, 6) is 1.01. The van der Waals surface area contributed by atoms with Gasteiger partial charge in [0.25, 0.3) is 0 Å². The molecule has 1 aromatic carbocycles. The predicted molar refractivity (Wildman–Crippen MR) is 79.8 cm³/mol. The van der Waals surface area contributed by atoms with Gasteiger partial charge in [-0.05, 0) is 51.4 Å². The van der Waals surface area contributed by atoms with E-state index < -0.39 is 0 Å². The van der Waals surface area contributed by atoms with E-state index in [2.05, 4.69) is 36.3 Å². The molecule has 1 aromatic rings. The van der Waals surface area contributed by atoms with Crippen molar-refractivity contribution in [3.8, 4) is 5.75 Å². The van der Waals surface area contributed by atoms with Crippen molar-refractivity contribution in [1.29, 1.82) is 0 Å². The molecule has 2 atom stereocenters. The molecule has 106 valence electrons. The van der Waals surface area contributed by atoms with Gasteiger partial charge < -0.3 is 15.0 Å². The molecular formula is C16H26N2O. The van der Waals surface area contributed by atoms with Gasteiger partial charge >= 0.3 is 0 Å². The first-order valence-electron chi connectivity index (χ1n) is 7.27. The summed E-state index contributed by atoms with van der Waals surface area (Å²) in [5, 5.41) is 3.40. The number of para-hydroxylation sites is 1. The van der Waals surface area contributed by atoms with Gasteiger partial charge in [-0.15, -0.1) is 0 Å². The van der Waals surface area contributed by atoms with Crippen LogP contribution in [0.1, 0.15) is 25.3 Å². The number of likely N-dealkylation sites (tertiary alicyclic amines) is 1. The molecule has 0 aliphatic carbocycles. The summed E-state index contributed by atoms with van der Waals surface area (Å²) in [6.45, 7) is 4.66. The Bertz CT molecular complexity index is 394. The molecule has 0 bridgehead atoms. The van der Waals surface area contributed by atoms with Crippen LogP contribution >= 0.6 is 0 Å². The van der Waals surface area contributed by atoms with Crippen molar-refractivity contribution >= 4 is 0 Å². The molecule has 2 unspecified atom stereocenters. The zero-order chi connectivity index (χ0) is 13.7. The Kier molecular flexibility index (Phi) is 5.23. The largest absolute Gasteiger partial charge is 0.496 e. The minimum atomic E-state index is 0.668. The standard InChI is InChI=1S/C16H26N2O/c1-13-12-15(17-2)9-11-18(13)10-8-14-6-4-5-7-16(14)19-3/h4-7,13,15,17H,8-12H2,1-3H3. The third kappa shape index (κ3) is 3.71. The molecule has 3 heteroatoms. The van der Waals surface area contributed by atoms with Crippen LogP contribution in [0.25, 0.3) is 0 Å². The molecule has 0 spiro atoms. The Morgan fingerprint density at radius 3 is 2.84 bits per heavy atom. The number of ether oxygens (including phenoxy) is 1. The van der Waals surface area contributed by atoms with Gasteiger partial charge in [-0.3, -0.25) is 0 Å². The van der Waals surface area contributed by atoms with Gasteiger partial charge in [0.05, 0.1) is 7.11 Å². The molecule has 0 aromatic heterocycles. The summed E-state index contributed by atoms with van der Waals surface area (Å²) in [6.07, 6.45) is 3.58. The second-order valence-electron chi connectivity index (χ2n) is 5.46. The lowest BCUT2D eigenvalue weighted by atomic mass is 9.98. The van der Waals surface area contributed by atoms with Gasteiger partial charge in [0.15, 0.2) is 0 Å². The van der Waals surface area contributed by atoms with Crippen LogP contribution in [0.4, 0.5) is 0 Å². The van der Waals surface area contributed by atoms with Crippen molar-refractivity contribution in [2.75, 3.05) is 27.2 Å². The Labute approximate surface area is 116 Å². The third-order valence-electron chi connectivity index (χ3n) is 4.28. The monoisotopic (exact) mass is 262 g/mol. The van der Waals surface area contributed by atoms with Crippen molar-refractivity contribution < 1.29 is 4.74 Å². The van der Waals surface area contributed by atoms with Crippen LogP contribution in [0, 0.1) is 0 Å². The van der Waals surface area contributed by atoms with Crippen LogP contribution in [0.2, 0.25) is 0 Å². The second kappa shape index (κ2) is 6.92. The van der Waals surface area contributed by atoms with Crippen molar-refractivity contribution in [2.24, 2.45) is 0 Å². The minimum absolute atomic E-state index is 0.668. The molecule has 0 saturated carbocycles. The number of piperidine rings is 1. The summed E-state index contributed by atoms with van der Waals surface area (Å²) >= 11 is 0. The predicted octanol–water partition coefficient (Wildman–Crippen LogP) is 2.31. The zero-order valence-electron chi connectivity index (χ0n) is 12.4. The van der Waals surface area contributed by atoms with Gasteiger partial charge in [-0.2, -0.15) is 0 Å². The third-order valence-corrected chi connectivity index (χ3v) is 4.28. The summed E-state index contributed by atoms with van der Waals surface area (Å²) in [4.78, 5) is 2.60. The quantitative estimate of drug-likeness (QED) is 0.881. The fraction of sp³-hybridized carbons (Fsp3) is 0.625.